The summed E-state index contributed by atoms with van der Waals surface area (Å²) >= 11 is 0. The van der Waals surface area contributed by atoms with Crippen LogP contribution in [0.1, 0.15) is 12.5 Å². The van der Waals surface area contributed by atoms with Crippen LogP contribution in [0.4, 0.5) is 18.9 Å². The first-order chi connectivity index (χ1) is 16.0. The van der Waals surface area contributed by atoms with Gasteiger partial charge < -0.3 is 19.5 Å². The van der Waals surface area contributed by atoms with Gasteiger partial charge >= 0.3 is 16.6 Å². The highest BCUT2D eigenvalue weighted by molar-refractivity contribution is 7.88. The molecule has 1 heterocycles. The van der Waals surface area contributed by atoms with Crippen molar-refractivity contribution >= 4 is 27.5 Å². The summed E-state index contributed by atoms with van der Waals surface area (Å²) in [6, 6.07) is 9.05. The molecule has 0 aromatic heterocycles. The van der Waals surface area contributed by atoms with Gasteiger partial charge in [-0.3, -0.25) is 4.79 Å². The highest BCUT2D eigenvalue weighted by atomic mass is 32.2. The number of rotatable bonds is 7. The molecule has 0 fully saturated rings. The first-order valence-corrected chi connectivity index (χ1v) is 11.1. The van der Waals surface area contributed by atoms with Gasteiger partial charge in [-0.1, -0.05) is 0 Å². The average Bonchev–Trinajstić information content (AvgIpc) is 2.77. The molecule has 0 bridgehead atoms. The topological polar surface area (TPSA) is 107 Å². The van der Waals surface area contributed by atoms with Crippen LogP contribution in [0.3, 0.4) is 0 Å². The quantitative estimate of drug-likeness (QED) is 0.625. The lowest BCUT2D eigenvalue weighted by molar-refractivity contribution is -0.274. The molecule has 0 saturated carbocycles. The zero-order valence-corrected chi connectivity index (χ0v) is 19.0. The molecule has 1 aliphatic heterocycles. The molecule has 1 N–H and O–H groups in total. The highest BCUT2D eigenvalue weighted by Crippen LogP contribution is 2.30. The average molecular weight is 499 g/mol. The molecule has 0 saturated heterocycles. The van der Waals surface area contributed by atoms with Crippen molar-refractivity contribution in [3.05, 3.63) is 59.8 Å². The van der Waals surface area contributed by atoms with Crippen LogP contribution in [0.15, 0.2) is 58.6 Å². The van der Waals surface area contributed by atoms with Gasteiger partial charge in [-0.25, -0.2) is 4.31 Å². The fourth-order valence-electron chi connectivity index (χ4n) is 3.10. The van der Waals surface area contributed by atoms with Crippen LogP contribution < -0.4 is 19.5 Å². The van der Waals surface area contributed by atoms with Crippen molar-refractivity contribution in [1.29, 1.82) is 0 Å². The van der Waals surface area contributed by atoms with Gasteiger partial charge in [-0.2, -0.15) is 8.42 Å². The Labute approximate surface area is 193 Å². The fourth-order valence-corrected chi connectivity index (χ4v) is 4.32. The zero-order valence-electron chi connectivity index (χ0n) is 18.2. The second kappa shape index (κ2) is 9.63. The first-order valence-electron chi connectivity index (χ1n) is 9.71. The van der Waals surface area contributed by atoms with Crippen LogP contribution in [0.2, 0.25) is 0 Å². The molecule has 0 aliphatic carbocycles. The minimum Gasteiger partial charge on any atom is -0.493 e. The second-order valence-corrected chi connectivity index (χ2v) is 8.26. The minimum absolute atomic E-state index is 0.00951. The fraction of sp³-hybridized carbons (Fsp3) is 0.238. The van der Waals surface area contributed by atoms with E-state index in [4.69, 9.17) is 9.47 Å². The van der Waals surface area contributed by atoms with Gasteiger partial charge in [0.15, 0.2) is 11.5 Å². The van der Waals surface area contributed by atoms with Crippen LogP contribution in [0, 0.1) is 0 Å². The maximum atomic E-state index is 12.9. The third kappa shape index (κ3) is 5.60. The van der Waals surface area contributed by atoms with E-state index in [0.717, 1.165) is 16.4 Å². The predicted molar refractivity (Wildman–Crippen MR) is 117 cm³/mol. The molecule has 9 nitrogen and oxygen atoms in total. The maximum absolute atomic E-state index is 12.9. The van der Waals surface area contributed by atoms with Gasteiger partial charge in [0.2, 0.25) is 0 Å². The number of halogens is 3. The summed E-state index contributed by atoms with van der Waals surface area (Å²) in [5, 5.41) is 2.47. The van der Waals surface area contributed by atoms with Crippen molar-refractivity contribution in [3.63, 3.8) is 0 Å². The minimum atomic E-state index is -4.85. The molecule has 2 aromatic carbocycles. The number of amides is 1. The van der Waals surface area contributed by atoms with Crippen molar-refractivity contribution in [3.8, 4) is 17.2 Å². The summed E-state index contributed by atoms with van der Waals surface area (Å²) < 4.78 is 81.3. The Balaban J connectivity index is 1.93. The molecule has 2 aromatic rings. The number of nitrogens with zero attached hydrogens (tertiary/aromatic N) is 2. The molecular formula is C21H20F3N3O6S. The summed E-state index contributed by atoms with van der Waals surface area (Å²) in [6.07, 6.45) is -3.56. The first kappa shape index (κ1) is 24.9. The number of ether oxygens (including phenoxy) is 3. The lowest BCUT2D eigenvalue weighted by Gasteiger charge is -2.26. The molecule has 0 spiro atoms. The highest BCUT2D eigenvalue weighted by Gasteiger charge is 2.33. The van der Waals surface area contributed by atoms with Gasteiger partial charge in [0, 0.05) is 17.8 Å². The molecule has 1 amide bonds. The van der Waals surface area contributed by atoms with Gasteiger partial charge in [0.1, 0.15) is 11.4 Å². The van der Waals surface area contributed by atoms with Crippen LogP contribution in [0.25, 0.3) is 0 Å². The van der Waals surface area contributed by atoms with Crippen molar-refractivity contribution < 1.29 is 40.6 Å². The van der Waals surface area contributed by atoms with E-state index in [1.807, 2.05) is 0 Å². The van der Waals surface area contributed by atoms with E-state index in [2.05, 4.69) is 14.5 Å². The summed E-state index contributed by atoms with van der Waals surface area (Å²) in [7, 11) is -1.38. The van der Waals surface area contributed by atoms with E-state index < -0.39 is 28.2 Å². The van der Waals surface area contributed by atoms with Gasteiger partial charge in [-0.05, 0) is 55.5 Å². The van der Waals surface area contributed by atoms with E-state index in [1.54, 1.807) is 12.1 Å². The van der Waals surface area contributed by atoms with Crippen LogP contribution in [0.5, 0.6) is 17.2 Å². The van der Waals surface area contributed by atoms with Crippen LogP contribution >= 0.6 is 0 Å². The van der Waals surface area contributed by atoms with E-state index in [1.165, 1.54) is 45.4 Å². The van der Waals surface area contributed by atoms with Crippen molar-refractivity contribution in [2.75, 3.05) is 26.1 Å². The molecule has 34 heavy (non-hydrogen) atoms. The number of hydrogen-bond acceptors (Lipinski definition) is 6. The Morgan fingerprint density at radius 2 is 1.71 bits per heavy atom. The number of nitrogens with one attached hydrogen (secondary N) is 1. The molecular weight excluding hydrogens is 479 g/mol. The van der Waals surface area contributed by atoms with Gasteiger partial charge in [0.25, 0.3) is 5.91 Å². The predicted octanol–water partition coefficient (Wildman–Crippen LogP) is 3.49. The van der Waals surface area contributed by atoms with E-state index >= 15 is 0 Å². The summed E-state index contributed by atoms with van der Waals surface area (Å²) in [5.74, 6) is -0.523. The monoisotopic (exact) mass is 499 g/mol. The molecule has 182 valence electrons. The largest absolute Gasteiger partial charge is 0.573 e. The number of alkyl halides is 3. The van der Waals surface area contributed by atoms with E-state index in [-0.39, 0.29) is 23.6 Å². The molecule has 0 unspecified atom stereocenters. The number of anilines is 1. The second-order valence-electron chi connectivity index (χ2n) is 6.74. The smallest absolute Gasteiger partial charge is 0.493 e. The Bertz CT molecular complexity index is 1240. The lowest BCUT2D eigenvalue weighted by atomic mass is 10.1. The van der Waals surface area contributed by atoms with Crippen LogP contribution in [-0.4, -0.2) is 51.5 Å². The Morgan fingerprint density at radius 3 is 2.26 bits per heavy atom. The van der Waals surface area contributed by atoms with Crippen LogP contribution in [-0.2, 0) is 15.0 Å². The summed E-state index contributed by atoms with van der Waals surface area (Å²) in [5.41, 5.74) is 0.252. The molecule has 0 radical (unpaired) electrons. The van der Waals surface area contributed by atoms with Crippen molar-refractivity contribution in [2.45, 2.75) is 13.3 Å². The van der Waals surface area contributed by atoms with Crippen molar-refractivity contribution in [1.82, 2.24) is 4.31 Å². The maximum Gasteiger partial charge on any atom is 0.573 e. The SMILES string of the molecule is CCN1C(C(=O)Nc2ccc(OC(F)(F)F)cc2)=CC(c2ccc(OC)c(OC)c2)=NS1(=O)=O. The molecule has 0 atom stereocenters. The van der Waals surface area contributed by atoms with Gasteiger partial charge in [-0.15, -0.1) is 17.6 Å². The van der Waals surface area contributed by atoms with Crippen molar-refractivity contribution in [2.24, 2.45) is 4.40 Å². The number of benzene rings is 2. The third-order valence-electron chi connectivity index (χ3n) is 4.58. The number of methoxy groups -OCH3 is 2. The summed E-state index contributed by atoms with van der Waals surface area (Å²) in [6.45, 7) is 1.45. The van der Waals surface area contributed by atoms with E-state index in [0.29, 0.717) is 17.1 Å². The van der Waals surface area contributed by atoms with E-state index in [9.17, 15) is 26.4 Å². The number of allylic oxidation sites excluding steroid dienone is 1. The molecule has 13 heteroatoms. The lowest BCUT2D eigenvalue weighted by Crippen LogP contribution is -2.38. The number of carbonyl (C=O) groups excluding carboxylic acids is 1. The standard InChI is InChI=1S/C21H20F3N3O6S/c1-4-27-17(20(28)25-14-6-8-15(9-7-14)33-21(22,23)24)12-16(26-34(27,29)30)13-5-10-18(31-2)19(11-13)32-3/h5-12H,4H2,1-3H3,(H,25,28). The zero-order chi connectivity index (χ0) is 25.1. The number of hydrogen-bond donors (Lipinski definition) is 1. The number of likely N-dealkylation sites (N-methyl/N-ethyl adjacent to an activating group) is 1. The number of carbonyl (C=O) groups is 1. The Hall–Kier alpha value is -3.74. The normalized spacial score (nSPS) is 15.2. The molecule has 3 rings (SSSR count). The Kier molecular flexibility index (Phi) is 7.05. The molecule has 1 aliphatic rings. The summed E-state index contributed by atoms with van der Waals surface area (Å²) in [4.78, 5) is 12.9. The third-order valence-corrected chi connectivity index (χ3v) is 6.02. The van der Waals surface area contributed by atoms with Gasteiger partial charge in [0.05, 0.1) is 19.9 Å². The Morgan fingerprint density at radius 1 is 1.06 bits per heavy atom.